The highest BCUT2D eigenvalue weighted by Crippen LogP contribution is 2.28. The highest BCUT2D eigenvalue weighted by Gasteiger charge is 2.22. The molecule has 2 rings (SSSR count). The average Bonchev–Trinajstić information content (AvgIpc) is 2.25. The minimum Gasteiger partial charge on any atom is -0.301 e. The van der Waals surface area contributed by atoms with Crippen LogP contribution in [0.25, 0.3) is 0 Å². The Morgan fingerprint density at radius 2 is 1.73 bits per heavy atom. The van der Waals surface area contributed by atoms with Gasteiger partial charge in [0.1, 0.15) is 0 Å². The molecule has 0 aromatic rings. The summed E-state index contributed by atoms with van der Waals surface area (Å²) in [6.45, 7) is 5.78. The molecule has 0 atom stereocenters. The summed E-state index contributed by atoms with van der Waals surface area (Å²) in [5.41, 5.74) is 0. The summed E-state index contributed by atoms with van der Waals surface area (Å²) < 4.78 is 11.2. The Balaban J connectivity index is 1.70. The minimum atomic E-state index is -0.515. The molecule has 3 heteroatoms. The van der Waals surface area contributed by atoms with Gasteiger partial charge in [-0.15, -0.1) is 0 Å². The van der Waals surface area contributed by atoms with Crippen LogP contribution in [0.1, 0.15) is 32.6 Å². The van der Waals surface area contributed by atoms with Gasteiger partial charge in [0.25, 0.3) is 0 Å². The SMILES string of the molecule is CC1CCC(CN2CCS(=O)CC2)CC1. The van der Waals surface area contributed by atoms with Crippen molar-refractivity contribution < 1.29 is 4.21 Å². The molecule has 2 fully saturated rings. The van der Waals surface area contributed by atoms with Crippen LogP contribution in [0.2, 0.25) is 0 Å². The predicted octanol–water partition coefficient (Wildman–Crippen LogP) is 1.88. The quantitative estimate of drug-likeness (QED) is 0.720. The van der Waals surface area contributed by atoms with Gasteiger partial charge in [-0.2, -0.15) is 0 Å². The minimum absolute atomic E-state index is 0.515. The molecular weight excluding hydrogens is 206 g/mol. The van der Waals surface area contributed by atoms with Gasteiger partial charge in [0.05, 0.1) is 0 Å². The molecule has 2 nitrogen and oxygen atoms in total. The van der Waals surface area contributed by atoms with E-state index in [0.717, 1.165) is 36.4 Å². The van der Waals surface area contributed by atoms with Gasteiger partial charge in [-0.1, -0.05) is 19.8 Å². The lowest BCUT2D eigenvalue weighted by Gasteiger charge is -2.33. The topological polar surface area (TPSA) is 20.3 Å². The third-order valence-corrected chi connectivity index (χ3v) is 5.20. The van der Waals surface area contributed by atoms with Crippen LogP contribution in [-0.2, 0) is 10.8 Å². The van der Waals surface area contributed by atoms with Gasteiger partial charge in [-0.05, 0) is 24.7 Å². The molecular formula is C12H23NOS. The van der Waals surface area contributed by atoms with Crippen LogP contribution in [0.3, 0.4) is 0 Å². The zero-order valence-electron chi connectivity index (χ0n) is 9.78. The number of nitrogens with zero attached hydrogens (tertiary/aromatic N) is 1. The summed E-state index contributed by atoms with van der Waals surface area (Å²) in [6.07, 6.45) is 5.68. The van der Waals surface area contributed by atoms with Crippen molar-refractivity contribution in [3.63, 3.8) is 0 Å². The summed E-state index contributed by atoms with van der Waals surface area (Å²) >= 11 is 0. The molecule has 0 bridgehead atoms. The van der Waals surface area contributed by atoms with Gasteiger partial charge in [-0.3, -0.25) is 4.21 Å². The lowest BCUT2D eigenvalue weighted by Crippen LogP contribution is -2.41. The first-order chi connectivity index (χ1) is 7.24. The summed E-state index contributed by atoms with van der Waals surface area (Å²) in [5.74, 6) is 3.69. The Hall–Kier alpha value is 0.110. The maximum absolute atomic E-state index is 11.2. The van der Waals surface area contributed by atoms with Crippen molar-refractivity contribution >= 4 is 10.8 Å². The van der Waals surface area contributed by atoms with Crippen molar-refractivity contribution in [1.29, 1.82) is 0 Å². The van der Waals surface area contributed by atoms with Crippen molar-refractivity contribution in [2.24, 2.45) is 11.8 Å². The van der Waals surface area contributed by atoms with Gasteiger partial charge >= 0.3 is 0 Å². The summed E-state index contributed by atoms with van der Waals surface area (Å²) in [4.78, 5) is 2.53. The smallest absolute Gasteiger partial charge is 0.0363 e. The van der Waals surface area contributed by atoms with E-state index in [0.29, 0.717) is 0 Å². The van der Waals surface area contributed by atoms with Crippen LogP contribution in [0, 0.1) is 11.8 Å². The lowest BCUT2D eigenvalue weighted by atomic mass is 9.83. The van der Waals surface area contributed by atoms with Crippen LogP contribution < -0.4 is 0 Å². The van der Waals surface area contributed by atoms with Crippen molar-refractivity contribution in [2.45, 2.75) is 32.6 Å². The van der Waals surface area contributed by atoms with Gasteiger partial charge in [-0.25, -0.2) is 0 Å². The largest absolute Gasteiger partial charge is 0.301 e. The summed E-state index contributed by atoms with van der Waals surface area (Å²) in [6, 6.07) is 0. The fourth-order valence-corrected chi connectivity index (χ4v) is 3.86. The molecule has 1 saturated carbocycles. The van der Waals surface area contributed by atoms with Crippen LogP contribution >= 0.6 is 0 Å². The summed E-state index contributed by atoms with van der Waals surface area (Å²) in [5, 5.41) is 0. The van der Waals surface area contributed by atoms with Gasteiger partial charge < -0.3 is 4.90 Å². The number of rotatable bonds is 2. The van der Waals surface area contributed by atoms with Gasteiger partial charge in [0.2, 0.25) is 0 Å². The highest BCUT2D eigenvalue weighted by molar-refractivity contribution is 7.85. The zero-order chi connectivity index (χ0) is 10.7. The van der Waals surface area contributed by atoms with Crippen molar-refractivity contribution in [3.05, 3.63) is 0 Å². The zero-order valence-corrected chi connectivity index (χ0v) is 10.6. The first kappa shape index (κ1) is 11.6. The van der Waals surface area contributed by atoms with Crippen LogP contribution in [0.4, 0.5) is 0 Å². The first-order valence-electron chi connectivity index (χ1n) is 6.31. The average molecular weight is 229 g/mol. The maximum atomic E-state index is 11.2. The number of hydrogen-bond donors (Lipinski definition) is 0. The molecule has 1 heterocycles. The molecule has 0 radical (unpaired) electrons. The molecule has 0 aromatic heterocycles. The Labute approximate surface area is 95.9 Å². The molecule has 2 aliphatic rings. The lowest BCUT2D eigenvalue weighted by molar-refractivity contribution is 0.195. The van der Waals surface area contributed by atoms with E-state index < -0.39 is 10.8 Å². The molecule has 0 spiro atoms. The molecule has 0 amide bonds. The Morgan fingerprint density at radius 1 is 1.13 bits per heavy atom. The Bertz CT molecular complexity index is 214. The van der Waals surface area contributed by atoms with E-state index in [1.807, 2.05) is 0 Å². The second kappa shape index (κ2) is 5.44. The van der Waals surface area contributed by atoms with E-state index in [4.69, 9.17) is 0 Å². The maximum Gasteiger partial charge on any atom is 0.0363 e. The van der Waals surface area contributed by atoms with Gasteiger partial charge in [0.15, 0.2) is 0 Å². The Morgan fingerprint density at radius 3 is 2.33 bits per heavy atom. The molecule has 1 saturated heterocycles. The fraction of sp³-hybridized carbons (Fsp3) is 1.00. The monoisotopic (exact) mass is 229 g/mol. The second-order valence-electron chi connectivity index (χ2n) is 5.27. The van der Waals surface area contributed by atoms with Crippen LogP contribution in [0.5, 0.6) is 0 Å². The fourth-order valence-electron chi connectivity index (χ4n) is 2.74. The van der Waals surface area contributed by atoms with E-state index in [-0.39, 0.29) is 0 Å². The molecule has 88 valence electrons. The standard InChI is InChI=1S/C12H23NOS/c1-11-2-4-12(5-3-11)10-13-6-8-15(14)9-7-13/h11-12H,2-10H2,1H3. The van der Waals surface area contributed by atoms with Gasteiger partial charge in [0, 0.05) is 41.9 Å². The van der Waals surface area contributed by atoms with E-state index in [1.54, 1.807) is 0 Å². The van der Waals surface area contributed by atoms with E-state index in [2.05, 4.69) is 11.8 Å². The third-order valence-electron chi connectivity index (χ3n) is 3.92. The van der Waals surface area contributed by atoms with Crippen molar-refractivity contribution in [1.82, 2.24) is 4.90 Å². The second-order valence-corrected chi connectivity index (χ2v) is 6.97. The van der Waals surface area contributed by atoms with Crippen LogP contribution in [0.15, 0.2) is 0 Å². The summed E-state index contributed by atoms with van der Waals surface area (Å²) in [7, 11) is -0.515. The Kier molecular flexibility index (Phi) is 4.21. The van der Waals surface area contributed by atoms with E-state index >= 15 is 0 Å². The first-order valence-corrected chi connectivity index (χ1v) is 7.80. The molecule has 0 N–H and O–H groups in total. The van der Waals surface area contributed by atoms with Crippen LogP contribution in [-0.4, -0.2) is 40.2 Å². The highest BCUT2D eigenvalue weighted by atomic mass is 32.2. The molecule has 1 aliphatic carbocycles. The molecule has 0 aromatic carbocycles. The van der Waals surface area contributed by atoms with Crippen molar-refractivity contribution in [2.75, 3.05) is 31.1 Å². The third kappa shape index (κ3) is 3.56. The predicted molar refractivity (Wildman–Crippen MR) is 65.4 cm³/mol. The molecule has 0 unspecified atom stereocenters. The molecule has 15 heavy (non-hydrogen) atoms. The molecule has 1 aliphatic heterocycles. The van der Waals surface area contributed by atoms with E-state index in [9.17, 15) is 4.21 Å². The number of hydrogen-bond acceptors (Lipinski definition) is 2. The normalized spacial score (nSPS) is 35.5. The van der Waals surface area contributed by atoms with E-state index in [1.165, 1.54) is 32.2 Å². The van der Waals surface area contributed by atoms with Crippen molar-refractivity contribution in [3.8, 4) is 0 Å².